The molecule has 0 saturated carbocycles. The molecule has 2 aromatic rings. The molecule has 2 rings (SSSR count). The SMILES string of the molecule is Cn1ncnc1NC(=O)c1cccc(NN)c1[N+](=O)[O-]. The molecule has 0 aliphatic carbocycles. The number of amides is 1. The molecule has 1 aromatic heterocycles. The molecule has 4 N–H and O–H groups in total. The van der Waals surface area contributed by atoms with E-state index in [-0.39, 0.29) is 17.2 Å². The van der Waals surface area contributed by atoms with Crippen LogP contribution in [0.1, 0.15) is 10.4 Å². The molecule has 0 bridgehead atoms. The van der Waals surface area contributed by atoms with Gasteiger partial charge >= 0.3 is 5.69 Å². The van der Waals surface area contributed by atoms with Crippen LogP contribution in [0.2, 0.25) is 0 Å². The number of rotatable bonds is 4. The lowest BCUT2D eigenvalue weighted by Crippen LogP contribution is -2.18. The molecule has 0 aliphatic rings. The van der Waals surface area contributed by atoms with E-state index in [1.165, 1.54) is 29.2 Å². The number of benzene rings is 1. The van der Waals surface area contributed by atoms with Crippen LogP contribution in [-0.4, -0.2) is 25.6 Å². The number of hydrazine groups is 1. The summed E-state index contributed by atoms with van der Waals surface area (Å²) in [5, 5.41) is 17.3. The summed E-state index contributed by atoms with van der Waals surface area (Å²) in [6.07, 6.45) is 1.25. The number of nitro benzene ring substituents is 1. The minimum absolute atomic E-state index is 0.0422. The fraction of sp³-hybridized carbons (Fsp3) is 0.100. The summed E-state index contributed by atoms with van der Waals surface area (Å²) in [6.45, 7) is 0. The molecule has 1 heterocycles. The highest BCUT2D eigenvalue weighted by molar-refractivity contribution is 6.07. The Morgan fingerprint density at radius 2 is 2.25 bits per heavy atom. The Morgan fingerprint density at radius 3 is 2.80 bits per heavy atom. The number of para-hydroxylation sites is 1. The fourth-order valence-corrected chi connectivity index (χ4v) is 1.62. The average Bonchev–Trinajstić information content (AvgIpc) is 2.83. The zero-order valence-electron chi connectivity index (χ0n) is 10.4. The summed E-state index contributed by atoms with van der Waals surface area (Å²) in [5.74, 6) is 4.71. The number of nitrogen functional groups attached to an aromatic ring is 1. The zero-order valence-corrected chi connectivity index (χ0v) is 10.4. The summed E-state index contributed by atoms with van der Waals surface area (Å²) < 4.78 is 1.33. The van der Waals surface area contributed by atoms with Crippen molar-refractivity contribution in [2.45, 2.75) is 0 Å². The minimum Gasteiger partial charge on any atom is -0.318 e. The van der Waals surface area contributed by atoms with Crippen molar-refractivity contribution in [1.82, 2.24) is 14.8 Å². The monoisotopic (exact) mass is 277 g/mol. The Kier molecular flexibility index (Phi) is 3.57. The van der Waals surface area contributed by atoms with Crippen LogP contribution in [0.3, 0.4) is 0 Å². The Bertz CT molecular complexity index is 667. The van der Waals surface area contributed by atoms with Crippen LogP contribution in [-0.2, 0) is 7.05 Å². The van der Waals surface area contributed by atoms with Gasteiger partial charge in [0.25, 0.3) is 5.91 Å². The van der Waals surface area contributed by atoms with Gasteiger partial charge < -0.3 is 5.43 Å². The first kappa shape index (κ1) is 13.4. The van der Waals surface area contributed by atoms with Gasteiger partial charge in [0.15, 0.2) is 0 Å². The predicted molar refractivity (Wildman–Crippen MR) is 69.9 cm³/mol. The molecule has 0 radical (unpaired) electrons. The Morgan fingerprint density at radius 1 is 1.50 bits per heavy atom. The normalized spacial score (nSPS) is 10.1. The Balaban J connectivity index is 2.39. The summed E-state index contributed by atoms with van der Waals surface area (Å²) >= 11 is 0. The van der Waals surface area contributed by atoms with Gasteiger partial charge in [0.05, 0.1) is 4.92 Å². The molecular formula is C10H11N7O3. The Hall–Kier alpha value is -3.01. The van der Waals surface area contributed by atoms with Crippen LogP contribution in [0.4, 0.5) is 17.3 Å². The molecule has 10 nitrogen and oxygen atoms in total. The molecule has 20 heavy (non-hydrogen) atoms. The van der Waals surface area contributed by atoms with Gasteiger partial charge in [0.1, 0.15) is 17.6 Å². The number of nitro groups is 1. The molecule has 0 saturated heterocycles. The Labute approximate surface area is 112 Å². The third-order valence-electron chi connectivity index (χ3n) is 2.56. The van der Waals surface area contributed by atoms with Crippen LogP contribution >= 0.6 is 0 Å². The van der Waals surface area contributed by atoms with E-state index < -0.39 is 16.5 Å². The first-order valence-electron chi connectivity index (χ1n) is 5.44. The summed E-state index contributed by atoms with van der Waals surface area (Å²) in [5.41, 5.74) is 1.69. The van der Waals surface area contributed by atoms with Crippen LogP contribution in [0.5, 0.6) is 0 Å². The maximum Gasteiger partial charge on any atom is 0.306 e. The maximum absolute atomic E-state index is 12.1. The minimum atomic E-state index is -0.680. The van der Waals surface area contributed by atoms with E-state index in [9.17, 15) is 14.9 Å². The van der Waals surface area contributed by atoms with Gasteiger partial charge in [-0.3, -0.25) is 26.1 Å². The largest absolute Gasteiger partial charge is 0.318 e. The van der Waals surface area contributed by atoms with E-state index in [1.807, 2.05) is 0 Å². The summed E-state index contributed by atoms with van der Waals surface area (Å²) in [4.78, 5) is 26.3. The van der Waals surface area contributed by atoms with E-state index in [4.69, 9.17) is 5.84 Å². The molecule has 0 fully saturated rings. The molecule has 1 amide bonds. The second-order valence-electron chi connectivity index (χ2n) is 3.76. The molecule has 0 atom stereocenters. The fourth-order valence-electron chi connectivity index (χ4n) is 1.62. The number of nitrogens with one attached hydrogen (secondary N) is 2. The van der Waals surface area contributed by atoms with Crippen molar-refractivity contribution in [3.05, 3.63) is 40.2 Å². The van der Waals surface area contributed by atoms with Crippen molar-refractivity contribution >= 4 is 23.2 Å². The molecule has 0 unspecified atom stereocenters. The number of aromatic nitrogens is 3. The van der Waals surface area contributed by atoms with E-state index in [0.29, 0.717) is 0 Å². The standard InChI is InChI=1S/C10H11N7O3/c1-16-10(12-5-13-16)14-9(18)6-3-2-4-7(15-11)8(6)17(19)20/h2-5,15H,11H2,1H3,(H,12,13,14,18). The lowest BCUT2D eigenvalue weighted by molar-refractivity contribution is -0.384. The lowest BCUT2D eigenvalue weighted by atomic mass is 10.1. The van der Waals surface area contributed by atoms with E-state index >= 15 is 0 Å². The van der Waals surface area contributed by atoms with E-state index in [2.05, 4.69) is 20.8 Å². The zero-order chi connectivity index (χ0) is 14.7. The van der Waals surface area contributed by atoms with Gasteiger partial charge in [-0.25, -0.2) is 4.68 Å². The van der Waals surface area contributed by atoms with Crippen LogP contribution in [0, 0.1) is 10.1 Å². The second kappa shape index (κ2) is 5.32. The third-order valence-corrected chi connectivity index (χ3v) is 2.56. The number of aryl methyl sites for hydroxylation is 1. The third kappa shape index (κ3) is 2.40. The van der Waals surface area contributed by atoms with Gasteiger partial charge in [-0.15, -0.1) is 0 Å². The van der Waals surface area contributed by atoms with Crippen molar-refractivity contribution in [2.24, 2.45) is 12.9 Å². The summed E-state index contributed by atoms with van der Waals surface area (Å²) in [6, 6.07) is 4.20. The number of hydrogen-bond donors (Lipinski definition) is 3. The molecule has 104 valence electrons. The predicted octanol–water partition coefficient (Wildman–Crippen LogP) is 0.261. The summed E-state index contributed by atoms with van der Waals surface area (Å²) in [7, 11) is 1.58. The number of carbonyl (C=O) groups excluding carboxylic acids is 1. The van der Waals surface area contributed by atoms with E-state index in [1.54, 1.807) is 7.05 Å². The lowest BCUT2D eigenvalue weighted by Gasteiger charge is -2.07. The van der Waals surface area contributed by atoms with Gasteiger partial charge in [0.2, 0.25) is 5.95 Å². The molecule has 1 aromatic carbocycles. The van der Waals surface area contributed by atoms with Crippen LogP contribution in [0.15, 0.2) is 24.5 Å². The number of anilines is 2. The highest BCUT2D eigenvalue weighted by Gasteiger charge is 2.24. The quantitative estimate of drug-likeness (QED) is 0.413. The number of hydrogen-bond acceptors (Lipinski definition) is 7. The smallest absolute Gasteiger partial charge is 0.306 e. The van der Waals surface area contributed by atoms with Crippen LogP contribution < -0.4 is 16.6 Å². The highest BCUT2D eigenvalue weighted by atomic mass is 16.6. The first-order chi connectivity index (χ1) is 9.54. The van der Waals surface area contributed by atoms with Crippen molar-refractivity contribution in [3.63, 3.8) is 0 Å². The second-order valence-corrected chi connectivity index (χ2v) is 3.76. The van der Waals surface area contributed by atoms with Gasteiger partial charge in [0, 0.05) is 7.05 Å². The maximum atomic E-state index is 12.1. The molecule has 0 spiro atoms. The van der Waals surface area contributed by atoms with Crippen molar-refractivity contribution < 1.29 is 9.72 Å². The topological polar surface area (TPSA) is 141 Å². The molecular weight excluding hydrogens is 266 g/mol. The van der Waals surface area contributed by atoms with Crippen molar-refractivity contribution in [1.29, 1.82) is 0 Å². The first-order valence-corrected chi connectivity index (χ1v) is 5.44. The van der Waals surface area contributed by atoms with Crippen LogP contribution in [0.25, 0.3) is 0 Å². The highest BCUT2D eigenvalue weighted by Crippen LogP contribution is 2.28. The number of nitrogens with two attached hydrogens (primary N) is 1. The van der Waals surface area contributed by atoms with Gasteiger partial charge in [-0.1, -0.05) is 6.07 Å². The van der Waals surface area contributed by atoms with Crippen molar-refractivity contribution in [2.75, 3.05) is 10.7 Å². The molecule has 10 heteroatoms. The average molecular weight is 277 g/mol. The molecule has 0 aliphatic heterocycles. The number of nitrogens with zero attached hydrogens (tertiary/aromatic N) is 4. The number of carbonyl (C=O) groups is 1. The van der Waals surface area contributed by atoms with Gasteiger partial charge in [-0.2, -0.15) is 10.1 Å². The van der Waals surface area contributed by atoms with Gasteiger partial charge in [-0.05, 0) is 12.1 Å². The van der Waals surface area contributed by atoms with Crippen molar-refractivity contribution in [3.8, 4) is 0 Å². The van der Waals surface area contributed by atoms with E-state index in [0.717, 1.165) is 0 Å².